The van der Waals surface area contributed by atoms with Crippen molar-refractivity contribution in [3.63, 3.8) is 0 Å². The van der Waals surface area contributed by atoms with Crippen molar-refractivity contribution in [1.29, 1.82) is 0 Å². The smallest absolute Gasteiger partial charge is 0.240 e. The Morgan fingerprint density at radius 1 is 1.35 bits per heavy atom. The van der Waals surface area contributed by atoms with Crippen LogP contribution in [0.25, 0.3) is 10.2 Å². The second-order valence-electron chi connectivity index (χ2n) is 5.81. The van der Waals surface area contributed by atoms with Crippen LogP contribution in [0, 0.1) is 0 Å². The number of nitrogens with one attached hydrogen (secondary N) is 1. The Hall–Kier alpha value is -1.44. The summed E-state index contributed by atoms with van der Waals surface area (Å²) in [6.45, 7) is 7.44. The summed E-state index contributed by atoms with van der Waals surface area (Å²) in [6, 6.07) is 2.08. The predicted octanol–water partition coefficient (Wildman–Crippen LogP) is 1.51. The van der Waals surface area contributed by atoms with E-state index in [2.05, 4.69) is 52.2 Å². The molecule has 1 fully saturated rings. The van der Waals surface area contributed by atoms with Crippen LogP contribution >= 0.6 is 11.3 Å². The predicted molar refractivity (Wildman–Crippen MR) is 84.1 cm³/mol. The van der Waals surface area contributed by atoms with Gasteiger partial charge in [-0.05, 0) is 32.3 Å². The van der Waals surface area contributed by atoms with Gasteiger partial charge in [0, 0.05) is 25.2 Å². The van der Waals surface area contributed by atoms with Gasteiger partial charge in [-0.1, -0.05) is 0 Å². The molecule has 108 valence electrons. The third kappa shape index (κ3) is 2.21. The highest BCUT2D eigenvalue weighted by molar-refractivity contribution is 7.16. The lowest BCUT2D eigenvalue weighted by Crippen LogP contribution is -2.58. The van der Waals surface area contributed by atoms with Gasteiger partial charge >= 0.3 is 0 Å². The lowest BCUT2D eigenvalue weighted by Gasteiger charge is -2.45. The van der Waals surface area contributed by atoms with Gasteiger partial charge in [0.1, 0.15) is 10.6 Å². The van der Waals surface area contributed by atoms with Crippen molar-refractivity contribution in [2.75, 3.05) is 37.0 Å². The van der Waals surface area contributed by atoms with Crippen LogP contribution in [0.1, 0.15) is 13.8 Å². The molecular formula is C13H20N6S. The maximum absolute atomic E-state index is 5.49. The molecule has 3 N–H and O–H groups in total. The molecule has 0 unspecified atom stereocenters. The molecule has 1 saturated heterocycles. The van der Waals surface area contributed by atoms with Crippen molar-refractivity contribution in [2.24, 2.45) is 5.84 Å². The van der Waals surface area contributed by atoms with E-state index in [1.54, 1.807) is 11.3 Å². The topological polar surface area (TPSA) is 70.3 Å². The van der Waals surface area contributed by atoms with E-state index in [1.165, 1.54) is 0 Å². The Balaban J connectivity index is 2.03. The molecule has 0 saturated carbocycles. The summed E-state index contributed by atoms with van der Waals surface area (Å²) < 4.78 is 0. The number of nitrogens with zero attached hydrogens (tertiary/aromatic N) is 4. The number of aromatic nitrogens is 2. The quantitative estimate of drug-likeness (QED) is 0.646. The van der Waals surface area contributed by atoms with E-state index < -0.39 is 0 Å². The van der Waals surface area contributed by atoms with Gasteiger partial charge < -0.3 is 4.90 Å². The monoisotopic (exact) mass is 292 g/mol. The van der Waals surface area contributed by atoms with E-state index in [4.69, 9.17) is 5.84 Å². The number of fused-ring (bicyclic) bond motifs is 1. The maximum Gasteiger partial charge on any atom is 0.240 e. The lowest BCUT2D eigenvalue weighted by atomic mass is 9.99. The molecule has 1 aliphatic heterocycles. The number of piperazine rings is 1. The van der Waals surface area contributed by atoms with Crippen molar-refractivity contribution >= 4 is 33.3 Å². The van der Waals surface area contributed by atoms with E-state index in [0.29, 0.717) is 5.95 Å². The van der Waals surface area contributed by atoms with Crippen molar-refractivity contribution in [3.05, 3.63) is 11.4 Å². The highest BCUT2D eigenvalue weighted by atomic mass is 32.1. The average molecular weight is 292 g/mol. The first-order valence-corrected chi connectivity index (χ1v) is 7.57. The summed E-state index contributed by atoms with van der Waals surface area (Å²) in [5, 5.41) is 3.15. The maximum atomic E-state index is 5.49. The van der Waals surface area contributed by atoms with E-state index in [9.17, 15) is 0 Å². The van der Waals surface area contributed by atoms with E-state index >= 15 is 0 Å². The number of likely N-dealkylation sites (N-methyl/N-ethyl adjacent to an activating group) is 1. The van der Waals surface area contributed by atoms with Gasteiger partial charge in [-0.3, -0.25) is 10.3 Å². The first-order valence-electron chi connectivity index (χ1n) is 6.69. The molecule has 3 rings (SSSR count). The van der Waals surface area contributed by atoms with Gasteiger partial charge in [-0.15, -0.1) is 11.3 Å². The average Bonchev–Trinajstić information content (AvgIpc) is 2.88. The van der Waals surface area contributed by atoms with Crippen molar-refractivity contribution in [3.8, 4) is 0 Å². The minimum Gasteiger partial charge on any atom is -0.353 e. The third-order valence-corrected chi connectivity index (χ3v) is 4.86. The van der Waals surface area contributed by atoms with Gasteiger partial charge in [0.05, 0.1) is 5.39 Å². The van der Waals surface area contributed by atoms with Crippen LogP contribution in [-0.4, -0.2) is 47.1 Å². The van der Waals surface area contributed by atoms with Gasteiger partial charge in [0.25, 0.3) is 0 Å². The largest absolute Gasteiger partial charge is 0.353 e. The molecule has 6 nitrogen and oxygen atoms in total. The highest BCUT2D eigenvalue weighted by Crippen LogP contribution is 2.31. The minimum absolute atomic E-state index is 0.127. The molecule has 7 heteroatoms. The van der Waals surface area contributed by atoms with E-state index in [1.807, 2.05) is 5.38 Å². The number of hydrogen-bond acceptors (Lipinski definition) is 7. The Morgan fingerprint density at radius 2 is 2.15 bits per heavy atom. The number of nitrogen functional groups attached to an aromatic ring is 1. The van der Waals surface area contributed by atoms with Gasteiger partial charge in [0.15, 0.2) is 0 Å². The van der Waals surface area contributed by atoms with Crippen molar-refractivity contribution in [2.45, 2.75) is 19.4 Å². The number of rotatable bonds is 2. The molecule has 2 aromatic heterocycles. The van der Waals surface area contributed by atoms with Crippen molar-refractivity contribution in [1.82, 2.24) is 14.9 Å². The third-order valence-electron chi connectivity index (χ3n) is 4.05. The fraction of sp³-hybridized carbons (Fsp3) is 0.538. The number of hydrogen-bond donors (Lipinski definition) is 2. The van der Waals surface area contributed by atoms with Crippen molar-refractivity contribution < 1.29 is 0 Å². The summed E-state index contributed by atoms with van der Waals surface area (Å²) in [6.07, 6.45) is 0. The Morgan fingerprint density at radius 3 is 2.85 bits per heavy atom. The van der Waals surface area contributed by atoms with Crippen LogP contribution in [-0.2, 0) is 0 Å². The zero-order valence-electron chi connectivity index (χ0n) is 12.1. The fourth-order valence-corrected chi connectivity index (χ4v) is 3.32. The molecular weight excluding hydrogens is 272 g/mol. The SMILES string of the molecule is CN1CCN(c2nc(NN)nc3sccc23)CC1(C)C. The summed E-state index contributed by atoms with van der Waals surface area (Å²) >= 11 is 1.61. The molecule has 1 aliphatic rings. The van der Waals surface area contributed by atoms with Gasteiger partial charge in [0.2, 0.25) is 5.95 Å². The Bertz CT molecular complexity index is 622. The molecule has 0 amide bonds. The molecule has 20 heavy (non-hydrogen) atoms. The molecule has 0 bridgehead atoms. The lowest BCUT2D eigenvalue weighted by molar-refractivity contribution is 0.138. The zero-order chi connectivity index (χ0) is 14.3. The second-order valence-corrected chi connectivity index (χ2v) is 6.70. The molecule has 2 aromatic rings. The Kier molecular flexibility index (Phi) is 3.27. The highest BCUT2D eigenvalue weighted by Gasteiger charge is 2.32. The van der Waals surface area contributed by atoms with Crippen LogP contribution in [0.4, 0.5) is 11.8 Å². The molecule has 0 atom stereocenters. The number of thiophene rings is 1. The van der Waals surface area contributed by atoms with Crippen LogP contribution in [0.15, 0.2) is 11.4 Å². The summed E-state index contributed by atoms with van der Waals surface area (Å²) in [4.78, 5) is 14.7. The molecule has 0 radical (unpaired) electrons. The Labute approximate surface area is 122 Å². The first-order chi connectivity index (χ1) is 9.51. The van der Waals surface area contributed by atoms with Gasteiger partial charge in [-0.25, -0.2) is 10.8 Å². The molecule has 3 heterocycles. The number of nitrogens with two attached hydrogens (primary N) is 1. The van der Waals surface area contributed by atoms with E-state index in [-0.39, 0.29) is 5.54 Å². The minimum atomic E-state index is 0.127. The second kappa shape index (κ2) is 4.83. The molecule has 0 spiro atoms. The fourth-order valence-electron chi connectivity index (χ4n) is 2.57. The van der Waals surface area contributed by atoms with Gasteiger partial charge in [-0.2, -0.15) is 4.98 Å². The summed E-state index contributed by atoms with van der Waals surface area (Å²) in [7, 11) is 2.17. The zero-order valence-corrected chi connectivity index (χ0v) is 12.9. The number of anilines is 2. The van der Waals surface area contributed by atoms with Crippen LogP contribution in [0.3, 0.4) is 0 Å². The standard InChI is InChI=1S/C13H20N6S/c1-13(2)8-19(6-5-18(13)3)10-9-4-7-20-11(9)16-12(15-10)17-14/h4,7H,5-6,8,14H2,1-3H3,(H,15,16,17). The normalized spacial score (nSPS) is 19.5. The molecule has 0 aromatic carbocycles. The summed E-state index contributed by atoms with van der Waals surface area (Å²) in [5.41, 5.74) is 2.69. The van der Waals surface area contributed by atoms with Crippen LogP contribution in [0.5, 0.6) is 0 Å². The van der Waals surface area contributed by atoms with E-state index in [0.717, 1.165) is 35.7 Å². The summed E-state index contributed by atoms with van der Waals surface area (Å²) in [5.74, 6) is 6.94. The molecule has 0 aliphatic carbocycles. The number of hydrazine groups is 1. The first kappa shape index (κ1) is 13.5. The van der Waals surface area contributed by atoms with Crippen LogP contribution in [0.2, 0.25) is 0 Å². The van der Waals surface area contributed by atoms with Crippen LogP contribution < -0.4 is 16.2 Å².